The van der Waals surface area contributed by atoms with Crippen LogP contribution in [0.1, 0.15) is 5.56 Å². The Labute approximate surface area is 92.0 Å². The highest BCUT2D eigenvalue weighted by molar-refractivity contribution is 5.61. The van der Waals surface area contributed by atoms with Gasteiger partial charge in [-0.25, -0.2) is 4.39 Å². The van der Waals surface area contributed by atoms with Gasteiger partial charge in [-0.05, 0) is 18.2 Å². The summed E-state index contributed by atoms with van der Waals surface area (Å²) < 4.78 is 55.2. The number of nitrogen functional groups attached to an aromatic ring is 1. The molecule has 0 aliphatic carbocycles. The van der Waals surface area contributed by atoms with E-state index in [-0.39, 0.29) is 0 Å². The molecule has 2 aromatic rings. The molecule has 0 saturated heterocycles. The molecule has 1 aromatic carbocycles. The minimum Gasteiger partial charge on any atom is -0.351 e. The summed E-state index contributed by atoms with van der Waals surface area (Å²) in [6.45, 7) is 0. The Balaban J connectivity index is 2.63. The molecule has 4 nitrogen and oxygen atoms in total. The minimum absolute atomic E-state index is 0.391. The fourth-order valence-electron chi connectivity index (χ4n) is 1.29. The van der Waals surface area contributed by atoms with Gasteiger partial charge in [-0.2, -0.15) is 18.2 Å². The van der Waals surface area contributed by atoms with Crippen molar-refractivity contribution >= 4 is 6.01 Å². The highest BCUT2D eigenvalue weighted by Crippen LogP contribution is 2.36. The molecule has 0 fully saturated rings. The summed E-state index contributed by atoms with van der Waals surface area (Å²) in [5, 5.41) is 3.22. The van der Waals surface area contributed by atoms with Gasteiger partial charge in [-0.1, -0.05) is 5.16 Å². The predicted molar refractivity (Wildman–Crippen MR) is 49.1 cm³/mol. The number of nitrogens with zero attached hydrogens (tertiary/aromatic N) is 2. The van der Waals surface area contributed by atoms with Crippen molar-refractivity contribution in [1.29, 1.82) is 0 Å². The Morgan fingerprint density at radius 1 is 1.24 bits per heavy atom. The smallest absolute Gasteiger partial charge is 0.351 e. The molecule has 0 spiro atoms. The SMILES string of the molecule is Nc1nc(-c2cc(F)ccc2C(F)(F)F)no1. The van der Waals surface area contributed by atoms with E-state index in [9.17, 15) is 17.6 Å². The van der Waals surface area contributed by atoms with Crippen molar-refractivity contribution in [3.63, 3.8) is 0 Å². The monoisotopic (exact) mass is 247 g/mol. The van der Waals surface area contributed by atoms with Crippen LogP contribution >= 0.6 is 0 Å². The highest BCUT2D eigenvalue weighted by atomic mass is 19.4. The van der Waals surface area contributed by atoms with Gasteiger partial charge < -0.3 is 10.3 Å². The van der Waals surface area contributed by atoms with Gasteiger partial charge in [-0.3, -0.25) is 0 Å². The Kier molecular flexibility index (Phi) is 2.49. The van der Waals surface area contributed by atoms with Crippen LogP contribution in [0.15, 0.2) is 22.7 Å². The van der Waals surface area contributed by atoms with Gasteiger partial charge >= 0.3 is 12.2 Å². The first-order valence-electron chi connectivity index (χ1n) is 4.34. The maximum Gasteiger partial charge on any atom is 0.417 e. The van der Waals surface area contributed by atoms with E-state index in [1.165, 1.54) is 0 Å². The predicted octanol–water partition coefficient (Wildman–Crippen LogP) is 2.48. The lowest BCUT2D eigenvalue weighted by Gasteiger charge is -2.09. The summed E-state index contributed by atoms with van der Waals surface area (Å²) >= 11 is 0. The number of halogens is 4. The largest absolute Gasteiger partial charge is 0.417 e. The van der Waals surface area contributed by atoms with E-state index in [1.807, 2.05) is 0 Å². The molecule has 0 amide bonds. The standard InChI is InChI=1S/C9H5F4N3O/c10-4-1-2-6(9(11,12)13)5(3-4)7-15-8(14)17-16-7/h1-3H,(H2,14,15,16). The number of anilines is 1. The molecule has 1 heterocycles. The minimum atomic E-state index is -4.64. The van der Waals surface area contributed by atoms with Crippen LogP contribution in [0.4, 0.5) is 23.6 Å². The molecule has 0 saturated carbocycles. The van der Waals surface area contributed by atoms with Crippen LogP contribution in [-0.2, 0) is 6.18 Å². The second-order valence-corrected chi connectivity index (χ2v) is 3.14. The molecule has 2 N–H and O–H groups in total. The molecule has 0 radical (unpaired) electrons. The second kappa shape index (κ2) is 3.72. The van der Waals surface area contributed by atoms with E-state index in [0.29, 0.717) is 18.2 Å². The summed E-state index contributed by atoms with van der Waals surface area (Å²) in [5.74, 6) is -1.24. The van der Waals surface area contributed by atoms with Crippen molar-refractivity contribution in [2.24, 2.45) is 0 Å². The first kappa shape index (κ1) is 11.4. The molecule has 0 bridgehead atoms. The van der Waals surface area contributed by atoms with E-state index < -0.39 is 35.0 Å². The van der Waals surface area contributed by atoms with Crippen LogP contribution in [0.5, 0.6) is 0 Å². The Morgan fingerprint density at radius 3 is 2.47 bits per heavy atom. The normalized spacial score (nSPS) is 11.8. The number of rotatable bonds is 1. The molecule has 0 unspecified atom stereocenters. The van der Waals surface area contributed by atoms with Crippen molar-refractivity contribution in [2.45, 2.75) is 6.18 Å². The van der Waals surface area contributed by atoms with Gasteiger partial charge in [0.05, 0.1) is 5.56 Å². The number of alkyl halides is 3. The van der Waals surface area contributed by atoms with Gasteiger partial charge in [0.1, 0.15) is 5.82 Å². The van der Waals surface area contributed by atoms with Crippen LogP contribution in [0, 0.1) is 5.82 Å². The Hall–Kier alpha value is -2.12. The second-order valence-electron chi connectivity index (χ2n) is 3.14. The first-order valence-corrected chi connectivity index (χ1v) is 4.34. The molecule has 8 heteroatoms. The third-order valence-electron chi connectivity index (χ3n) is 1.97. The average Bonchev–Trinajstić information content (AvgIpc) is 2.62. The van der Waals surface area contributed by atoms with Crippen molar-refractivity contribution in [3.8, 4) is 11.4 Å². The van der Waals surface area contributed by atoms with E-state index in [1.54, 1.807) is 0 Å². The molecule has 0 aliphatic heterocycles. The van der Waals surface area contributed by atoms with Crippen molar-refractivity contribution in [2.75, 3.05) is 5.73 Å². The molecule has 0 aliphatic rings. The number of aromatic nitrogens is 2. The topological polar surface area (TPSA) is 64.9 Å². The molecule has 2 rings (SSSR count). The highest BCUT2D eigenvalue weighted by Gasteiger charge is 2.35. The van der Waals surface area contributed by atoms with E-state index >= 15 is 0 Å². The fourth-order valence-corrected chi connectivity index (χ4v) is 1.29. The lowest BCUT2D eigenvalue weighted by atomic mass is 10.1. The van der Waals surface area contributed by atoms with Gasteiger partial charge in [0.15, 0.2) is 0 Å². The first-order chi connectivity index (χ1) is 7.88. The Morgan fingerprint density at radius 2 is 1.94 bits per heavy atom. The van der Waals surface area contributed by atoms with Crippen LogP contribution < -0.4 is 5.73 Å². The maximum absolute atomic E-state index is 12.9. The molecule has 90 valence electrons. The number of hydrogen-bond acceptors (Lipinski definition) is 4. The third-order valence-corrected chi connectivity index (χ3v) is 1.97. The van der Waals surface area contributed by atoms with E-state index in [4.69, 9.17) is 5.73 Å². The zero-order valence-corrected chi connectivity index (χ0v) is 8.12. The Bertz CT molecular complexity index is 549. The summed E-state index contributed by atoms with van der Waals surface area (Å²) in [6.07, 6.45) is -4.64. The summed E-state index contributed by atoms with van der Waals surface area (Å²) in [4.78, 5) is 3.43. The molecular formula is C9H5F4N3O. The molecule has 1 aromatic heterocycles. The number of nitrogens with two attached hydrogens (primary N) is 1. The van der Waals surface area contributed by atoms with Gasteiger partial charge in [0.25, 0.3) is 0 Å². The van der Waals surface area contributed by atoms with E-state index in [0.717, 1.165) is 0 Å². The van der Waals surface area contributed by atoms with E-state index in [2.05, 4.69) is 14.7 Å². The lowest BCUT2D eigenvalue weighted by molar-refractivity contribution is -0.137. The quantitative estimate of drug-likeness (QED) is 0.786. The summed E-state index contributed by atoms with van der Waals surface area (Å²) in [7, 11) is 0. The third kappa shape index (κ3) is 2.19. The molecular weight excluding hydrogens is 242 g/mol. The van der Waals surface area contributed by atoms with Gasteiger partial charge in [0.2, 0.25) is 5.82 Å². The summed E-state index contributed by atoms with van der Waals surface area (Å²) in [6, 6.07) is 1.59. The van der Waals surface area contributed by atoms with Gasteiger partial charge in [0, 0.05) is 5.56 Å². The van der Waals surface area contributed by atoms with Crippen LogP contribution in [0.25, 0.3) is 11.4 Å². The molecule has 0 atom stereocenters. The molecule has 17 heavy (non-hydrogen) atoms. The number of hydrogen-bond donors (Lipinski definition) is 1. The van der Waals surface area contributed by atoms with Crippen molar-refractivity contribution in [1.82, 2.24) is 10.1 Å². The zero-order chi connectivity index (χ0) is 12.6. The lowest BCUT2D eigenvalue weighted by Crippen LogP contribution is -2.08. The van der Waals surface area contributed by atoms with Crippen LogP contribution in [0.3, 0.4) is 0 Å². The number of benzene rings is 1. The van der Waals surface area contributed by atoms with Crippen LogP contribution in [-0.4, -0.2) is 10.1 Å². The zero-order valence-electron chi connectivity index (χ0n) is 8.12. The fraction of sp³-hybridized carbons (Fsp3) is 0.111. The maximum atomic E-state index is 12.9. The summed E-state index contributed by atoms with van der Waals surface area (Å²) in [5.41, 5.74) is 3.53. The van der Waals surface area contributed by atoms with Crippen LogP contribution in [0.2, 0.25) is 0 Å². The van der Waals surface area contributed by atoms with Crippen molar-refractivity contribution < 1.29 is 22.1 Å². The average molecular weight is 247 g/mol. The van der Waals surface area contributed by atoms with Crippen molar-refractivity contribution in [3.05, 3.63) is 29.6 Å². The van der Waals surface area contributed by atoms with Gasteiger partial charge in [-0.15, -0.1) is 0 Å².